The van der Waals surface area contributed by atoms with E-state index in [2.05, 4.69) is 40.4 Å². The standard InChI is InChI=1S/C22H38O6Si/c1-9-19(26-17-25-16-15-24-6)22(5,28-29(7,8)21(2,3)4)14-13-18-11-10-12-20(23)27-18/h9-10,12-14,18-19H,1,11,15-17H2,2-8H3/t18-,19-,22+/m1/s1. The average Bonchev–Trinajstić information content (AvgIpc) is 2.62. The summed E-state index contributed by atoms with van der Waals surface area (Å²) in [6.07, 6.45) is 8.68. The molecule has 7 heteroatoms. The summed E-state index contributed by atoms with van der Waals surface area (Å²) in [6.45, 7) is 17.9. The van der Waals surface area contributed by atoms with Crippen molar-refractivity contribution in [3.8, 4) is 0 Å². The van der Waals surface area contributed by atoms with E-state index < -0.39 is 20.0 Å². The van der Waals surface area contributed by atoms with Crippen molar-refractivity contribution in [3.63, 3.8) is 0 Å². The van der Waals surface area contributed by atoms with Gasteiger partial charge in [0.2, 0.25) is 0 Å². The van der Waals surface area contributed by atoms with Crippen LogP contribution in [-0.4, -0.2) is 59.2 Å². The highest BCUT2D eigenvalue weighted by Gasteiger charge is 2.45. The van der Waals surface area contributed by atoms with Gasteiger partial charge in [0.15, 0.2) is 8.32 Å². The van der Waals surface area contributed by atoms with Gasteiger partial charge in [-0.05, 0) is 31.1 Å². The van der Waals surface area contributed by atoms with Crippen molar-refractivity contribution >= 4 is 14.3 Å². The van der Waals surface area contributed by atoms with Crippen LogP contribution in [-0.2, 0) is 28.2 Å². The van der Waals surface area contributed by atoms with Crippen molar-refractivity contribution in [3.05, 3.63) is 37.0 Å². The lowest BCUT2D eigenvalue weighted by molar-refractivity contribution is -0.141. The number of ether oxygens (including phenoxy) is 4. The Kier molecular flexibility index (Phi) is 9.98. The van der Waals surface area contributed by atoms with Crippen LogP contribution in [0.4, 0.5) is 0 Å². The van der Waals surface area contributed by atoms with Crippen LogP contribution in [0.5, 0.6) is 0 Å². The number of rotatable bonds is 12. The Morgan fingerprint density at radius 1 is 1.31 bits per heavy atom. The first-order valence-electron chi connectivity index (χ1n) is 10.0. The Bertz CT molecular complexity index is 593. The van der Waals surface area contributed by atoms with Gasteiger partial charge in [-0.1, -0.05) is 39.0 Å². The molecule has 0 radical (unpaired) electrons. The quantitative estimate of drug-likeness (QED) is 0.152. The molecule has 0 aliphatic carbocycles. The summed E-state index contributed by atoms with van der Waals surface area (Å²) in [5.41, 5.74) is -0.789. The van der Waals surface area contributed by atoms with Gasteiger partial charge in [-0.2, -0.15) is 0 Å². The zero-order valence-corrected chi connectivity index (χ0v) is 20.0. The molecule has 0 saturated carbocycles. The van der Waals surface area contributed by atoms with E-state index in [0.717, 1.165) is 0 Å². The van der Waals surface area contributed by atoms with E-state index in [4.69, 9.17) is 23.4 Å². The Labute approximate surface area is 177 Å². The Morgan fingerprint density at radius 2 is 2.00 bits per heavy atom. The largest absolute Gasteiger partial charge is 0.455 e. The van der Waals surface area contributed by atoms with Gasteiger partial charge in [0.1, 0.15) is 24.6 Å². The molecule has 3 atom stereocenters. The molecule has 0 spiro atoms. The molecule has 0 saturated heterocycles. The molecule has 0 aromatic heterocycles. The molecule has 0 N–H and O–H groups in total. The van der Waals surface area contributed by atoms with Gasteiger partial charge in [-0.25, -0.2) is 4.79 Å². The molecule has 0 amide bonds. The van der Waals surface area contributed by atoms with Gasteiger partial charge in [0.25, 0.3) is 0 Å². The molecule has 166 valence electrons. The molecule has 29 heavy (non-hydrogen) atoms. The smallest absolute Gasteiger partial charge is 0.331 e. The zero-order valence-electron chi connectivity index (χ0n) is 19.0. The predicted octanol–water partition coefficient (Wildman–Crippen LogP) is 4.39. The highest BCUT2D eigenvalue weighted by atomic mass is 28.4. The molecule has 1 aliphatic heterocycles. The Balaban J connectivity index is 3.03. The molecule has 0 fully saturated rings. The van der Waals surface area contributed by atoms with E-state index in [-0.39, 0.29) is 23.9 Å². The van der Waals surface area contributed by atoms with Crippen LogP contribution in [0.1, 0.15) is 34.1 Å². The van der Waals surface area contributed by atoms with E-state index in [0.29, 0.717) is 19.6 Å². The summed E-state index contributed by atoms with van der Waals surface area (Å²) in [5, 5.41) is 0.0167. The minimum atomic E-state index is -2.14. The van der Waals surface area contributed by atoms with Crippen LogP contribution in [0.25, 0.3) is 0 Å². The van der Waals surface area contributed by atoms with Crippen molar-refractivity contribution in [2.75, 3.05) is 27.1 Å². The second-order valence-corrected chi connectivity index (χ2v) is 13.6. The minimum Gasteiger partial charge on any atom is -0.455 e. The first-order chi connectivity index (χ1) is 13.4. The SMILES string of the molecule is C=C[C@@H](OCOCCOC)[C@](C)(C=C[C@H]1CC=CC(=O)O1)O[Si](C)(C)C(C)(C)C. The predicted molar refractivity (Wildman–Crippen MR) is 117 cm³/mol. The fourth-order valence-corrected chi connectivity index (χ4v) is 4.22. The van der Waals surface area contributed by atoms with Crippen LogP contribution < -0.4 is 0 Å². The Hall–Kier alpha value is -1.25. The van der Waals surface area contributed by atoms with Gasteiger partial charge in [0, 0.05) is 19.6 Å². The van der Waals surface area contributed by atoms with Crippen molar-refractivity contribution in [2.45, 2.75) is 70.1 Å². The van der Waals surface area contributed by atoms with Gasteiger partial charge >= 0.3 is 5.97 Å². The highest BCUT2D eigenvalue weighted by molar-refractivity contribution is 6.74. The third kappa shape index (κ3) is 8.18. The van der Waals surface area contributed by atoms with Gasteiger partial charge in [0.05, 0.1) is 13.2 Å². The second kappa shape index (κ2) is 11.2. The molecule has 1 rings (SSSR count). The molecule has 0 aromatic carbocycles. The monoisotopic (exact) mass is 426 g/mol. The molecule has 1 aliphatic rings. The number of methoxy groups -OCH3 is 1. The summed E-state index contributed by atoms with van der Waals surface area (Å²) in [5.74, 6) is -0.332. The van der Waals surface area contributed by atoms with Crippen LogP contribution in [0.15, 0.2) is 37.0 Å². The maximum absolute atomic E-state index is 11.5. The van der Waals surface area contributed by atoms with Gasteiger partial charge in [-0.15, -0.1) is 6.58 Å². The summed E-state index contributed by atoms with van der Waals surface area (Å²) in [6, 6.07) is 0. The molecular weight excluding hydrogens is 388 g/mol. The van der Waals surface area contributed by atoms with Crippen LogP contribution in [0.2, 0.25) is 18.1 Å². The Morgan fingerprint density at radius 3 is 2.55 bits per heavy atom. The number of carbonyl (C=O) groups is 1. The molecule has 6 nitrogen and oxygen atoms in total. The fraction of sp³-hybridized carbons (Fsp3) is 0.682. The number of esters is 1. The molecule has 1 heterocycles. The number of cyclic esters (lactones) is 1. The maximum Gasteiger partial charge on any atom is 0.331 e. The third-order valence-corrected chi connectivity index (χ3v) is 9.92. The molecule has 0 unspecified atom stereocenters. The van der Waals surface area contributed by atoms with Crippen LogP contribution >= 0.6 is 0 Å². The fourth-order valence-electron chi connectivity index (χ4n) is 2.63. The molecular formula is C22H38O6Si. The van der Waals surface area contributed by atoms with Gasteiger partial charge in [-0.3, -0.25) is 0 Å². The van der Waals surface area contributed by atoms with Gasteiger partial charge < -0.3 is 23.4 Å². The van der Waals surface area contributed by atoms with Crippen LogP contribution in [0, 0.1) is 0 Å². The first-order valence-corrected chi connectivity index (χ1v) is 12.9. The topological polar surface area (TPSA) is 63.2 Å². The van der Waals surface area contributed by atoms with E-state index in [1.54, 1.807) is 13.2 Å². The normalized spacial score (nSPS) is 21.1. The summed E-state index contributed by atoms with van der Waals surface area (Å²) in [4.78, 5) is 11.5. The summed E-state index contributed by atoms with van der Waals surface area (Å²) in [7, 11) is -0.517. The van der Waals surface area contributed by atoms with Crippen molar-refractivity contribution in [1.29, 1.82) is 0 Å². The lowest BCUT2D eigenvalue weighted by atomic mass is 9.97. The second-order valence-electron chi connectivity index (χ2n) is 8.86. The first kappa shape index (κ1) is 25.8. The van der Waals surface area contributed by atoms with E-state index in [1.807, 2.05) is 25.2 Å². The number of carbonyl (C=O) groups excluding carboxylic acids is 1. The van der Waals surface area contributed by atoms with Crippen molar-refractivity contribution in [1.82, 2.24) is 0 Å². The zero-order chi connectivity index (χ0) is 22.1. The maximum atomic E-state index is 11.5. The summed E-state index contributed by atoms with van der Waals surface area (Å²) < 4.78 is 28.5. The van der Waals surface area contributed by atoms with Crippen LogP contribution in [0.3, 0.4) is 0 Å². The van der Waals surface area contributed by atoms with E-state index in [1.165, 1.54) is 6.08 Å². The lowest BCUT2D eigenvalue weighted by Crippen LogP contribution is -2.53. The molecule has 0 bridgehead atoms. The van der Waals surface area contributed by atoms with E-state index in [9.17, 15) is 4.79 Å². The minimum absolute atomic E-state index is 0.0167. The van der Waals surface area contributed by atoms with Crippen molar-refractivity contribution < 1.29 is 28.2 Å². The number of hydrogen-bond donors (Lipinski definition) is 0. The highest BCUT2D eigenvalue weighted by Crippen LogP contribution is 2.41. The lowest BCUT2D eigenvalue weighted by Gasteiger charge is -2.45. The third-order valence-electron chi connectivity index (χ3n) is 5.35. The van der Waals surface area contributed by atoms with E-state index >= 15 is 0 Å². The molecule has 0 aromatic rings. The van der Waals surface area contributed by atoms with Crippen molar-refractivity contribution in [2.24, 2.45) is 0 Å². The number of hydrogen-bond acceptors (Lipinski definition) is 6. The summed E-state index contributed by atoms with van der Waals surface area (Å²) >= 11 is 0. The average molecular weight is 427 g/mol.